The van der Waals surface area contributed by atoms with Crippen molar-refractivity contribution in [2.45, 2.75) is 25.5 Å². The van der Waals surface area contributed by atoms with Gasteiger partial charge in [0.25, 0.3) is 5.91 Å². The number of para-hydroxylation sites is 1. The molecule has 0 fully saturated rings. The van der Waals surface area contributed by atoms with Crippen LogP contribution >= 0.6 is 11.6 Å². The number of aliphatic hydroxyl groups is 1. The lowest BCUT2D eigenvalue weighted by Gasteiger charge is -2.23. The molecule has 4 nitrogen and oxygen atoms in total. The Morgan fingerprint density at radius 1 is 1.00 bits per heavy atom. The van der Waals surface area contributed by atoms with Crippen molar-refractivity contribution in [2.24, 2.45) is 0 Å². The third kappa shape index (κ3) is 3.46. The minimum absolute atomic E-state index is 0.219. The number of Topliss-reactive ketones (excluding diaryl/α,β-unsaturated/α-hetero) is 1. The molecule has 0 spiro atoms. The zero-order valence-corrected chi connectivity index (χ0v) is 16.7. The number of carbonyl (C=O) groups is 2. The largest absolute Gasteiger partial charge is 0.375 e. The van der Waals surface area contributed by atoms with Crippen LogP contribution in [0.5, 0.6) is 0 Å². The number of aryl methyl sites for hydroxylation is 1. The van der Waals surface area contributed by atoms with Gasteiger partial charge in [0.05, 0.1) is 18.7 Å². The number of amides is 1. The number of anilines is 1. The van der Waals surface area contributed by atoms with Gasteiger partial charge in [-0.2, -0.15) is 0 Å². The highest BCUT2D eigenvalue weighted by molar-refractivity contribution is 6.31. The number of fused-ring (bicyclic) bond motifs is 1. The maximum Gasteiger partial charge on any atom is 0.264 e. The highest BCUT2D eigenvalue weighted by Crippen LogP contribution is 2.43. The van der Waals surface area contributed by atoms with Crippen LogP contribution in [-0.4, -0.2) is 16.8 Å². The maximum atomic E-state index is 13.3. The normalized spacial score (nSPS) is 18.0. The van der Waals surface area contributed by atoms with Gasteiger partial charge in [-0.25, -0.2) is 0 Å². The molecule has 0 bridgehead atoms. The lowest BCUT2D eigenvalue weighted by atomic mass is 9.88. The first-order valence-corrected chi connectivity index (χ1v) is 9.75. The molecule has 5 heteroatoms. The number of nitrogens with zero attached hydrogens (tertiary/aromatic N) is 1. The van der Waals surface area contributed by atoms with Crippen molar-refractivity contribution in [1.82, 2.24) is 0 Å². The fourth-order valence-electron chi connectivity index (χ4n) is 3.71. The van der Waals surface area contributed by atoms with Crippen LogP contribution < -0.4 is 4.90 Å². The number of halogens is 1. The summed E-state index contributed by atoms with van der Waals surface area (Å²) in [5.41, 5.74) is 1.41. The van der Waals surface area contributed by atoms with Gasteiger partial charge in [0.15, 0.2) is 11.4 Å². The number of hydrogen-bond acceptors (Lipinski definition) is 3. The van der Waals surface area contributed by atoms with Gasteiger partial charge >= 0.3 is 0 Å². The predicted molar refractivity (Wildman–Crippen MR) is 113 cm³/mol. The molecule has 3 aromatic carbocycles. The summed E-state index contributed by atoms with van der Waals surface area (Å²) in [5.74, 6) is -0.797. The summed E-state index contributed by atoms with van der Waals surface area (Å²) >= 11 is 6.27. The van der Waals surface area contributed by atoms with E-state index < -0.39 is 11.5 Å². The fourth-order valence-corrected chi connectivity index (χ4v) is 3.90. The molecule has 3 aromatic rings. The van der Waals surface area contributed by atoms with E-state index in [9.17, 15) is 14.7 Å². The molecular weight excluding hydrogens is 386 g/mol. The van der Waals surface area contributed by atoms with E-state index >= 15 is 0 Å². The second-order valence-electron chi connectivity index (χ2n) is 7.33. The monoisotopic (exact) mass is 405 g/mol. The maximum absolute atomic E-state index is 13.3. The minimum Gasteiger partial charge on any atom is -0.375 e. The van der Waals surface area contributed by atoms with Crippen molar-refractivity contribution >= 4 is 29.0 Å². The summed E-state index contributed by atoms with van der Waals surface area (Å²) < 4.78 is 0. The van der Waals surface area contributed by atoms with Gasteiger partial charge in [-0.1, -0.05) is 77.8 Å². The molecule has 29 heavy (non-hydrogen) atoms. The van der Waals surface area contributed by atoms with E-state index in [1.54, 1.807) is 42.5 Å². The van der Waals surface area contributed by atoms with Crippen LogP contribution in [-0.2, 0) is 16.9 Å². The molecular formula is C24H20ClNO3. The molecule has 0 aliphatic carbocycles. The van der Waals surface area contributed by atoms with Crippen molar-refractivity contribution in [3.63, 3.8) is 0 Å². The van der Waals surface area contributed by atoms with Crippen molar-refractivity contribution in [2.75, 3.05) is 4.90 Å². The van der Waals surface area contributed by atoms with Crippen LogP contribution in [0.3, 0.4) is 0 Å². The summed E-state index contributed by atoms with van der Waals surface area (Å²) in [6, 6.07) is 21.4. The quantitative estimate of drug-likeness (QED) is 0.628. The minimum atomic E-state index is -1.90. The summed E-state index contributed by atoms with van der Waals surface area (Å²) in [6.07, 6.45) is -0.315. The van der Waals surface area contributed by atoms with Crippen LogP contribution in [0.4, 0.5) is 5.69 Å². The second kappa shape index (κ2) is 7.47. The zero-order valence-electron chi connectivity index (χ0n) is 15.9. The zero-order chi connectivity index (χ0) is 20.6. The molecule has 0 saturated carbocycles. The highest BCUT2D eigenvalue weighted by Gasteiger charge is 2.50. The molecule has 1 aliphatic heterocycles. The van der Waals surface area contributed by atoms with Gasteiger partial charge < -0.3 is 10.0 Å². The predicted octanol–water partition coefficient (Wildman–Crippen LogP) is 4.66. The van der Waals surface area contributed by atoms with Gasteiger partial charge in [-0.05, 0) is 24.6 Å². The van der Waals surface area contributed by atoms with E-state index in [1.165, 1.54) is 4.90 Å². The number of rotatable bonds is 5. The van der Waals surface area contributed by atoms with E-state index in [0.29, 0.717) is 21.8 Å². The molecule has 0 saturated heterocycles. The first kappa shape index (κ1) is 19.4. The van der Waals surface area contributed by atoms with Crippen molar-refractivity contribution < 1.29 is 14.7 Å². The molecule has 4 rings (SSSR count). The van der Waals surface area contributed by atoms with Gasteiger partial charge in [0.1, 0.15) is 0 Å². The topological polar surface area (TPSA) is 57.6 Å². The van der Waals surface area contributed by atoms with Crippen LogP contribution in [0, 0.1) is 6.92 Å². The number of carbonyl (C=O) groups excluding carboxylic acids is 2. The Morgan fingerprint density at radius 2 is 1.66 bits per heavy atom. The Hall–Kier alpha value is -2.95. The van der Waals surface area contributed by atoms with Gasteiger partial charge in [-0.15, -0.1) is 0 Å². The average Bonchev–Trinajstić information content (AvgIpc) is 2.92. The standard InChI is InChI=1S/C24H20ClNO3/c1-16-10-12-17(13-11-16)22(27)14-24(29)19-7-3-5-9-21(19)26(23(24)28)15-18-6-2-4-8-20(18)25/h2-13,29H,14-15H2,1H3/t24-/m0/s1. The van der Waals surface area contributed by atoms with Crippen molar-refractivity contribution in [3.8, 4) is 0 Å². The van der Waals surface area contributed by atoms with E-state index in [1.807, 2.05) is 37.3 Å². The average molecular weight is 406 g/mol. The molecule has 0 unspecified atom stereocenters. The summed E-state index contributed by atoms with van der Waals surface area (Å²) in [7, 11) is 0. The van der Waals surface area contributed by atoms with Crippen LogP contribution in [0.15, 0.2) is 72.8 Å². The molecule has 0 aromatic heterocycles. The Labute approximate surface area is 174 Å². The molecule has 146 valence electrons. The summed E-state index contributed by atoms with van der Waals surface area (Å²) in [5, 5.41) is 11.9. The third-order valence-corrected chi connectivity index (χ3v) is 5.68. The Morgan fingerprint density at radius 3 is 2.38 bits per heavy atom. The third-order valence-electron chi connectivity index (χ3n) is 5.32. The van der Waals surface area contributed by atoms with E-state index in [-0.39, 0.29) is 18.7 Å². The molecule has 1 atom stereocenters. The molecule has 1 heterocycles. The van der Waals surface area contributed by atoms with Crippen molar-refractivity contribution in [1.29, 1.82) is 0 Å². The summed E-state index contributed by atoms with van der Waals surface area (Å²) in [4.78, 5) is 27.6. The van der Waals surface area contributed by atoms with E-state index in [4.69, 9.17) is 11.6 Å². The number of ketones is 1. The van der Waals surface area contributed by atoms with E-state index in [0.717, 1.165) is 11.1 Å². The van der Waals surface area contributed by atoms with Gasteiger partial charge in [0, 0.05) is 16.1 Å². The van der Waals surface area contributed by atoms with Crippen LogP contribution in [0.2, 0.25) is 5.02 Å². The number of hydrogen-bond donors (Lipinski definition) is 1. The molecule has 1 amide bonds. The van der Waals surface area contributed by atoms with Gasteiger partial charge in [0.2, 0.25) is 0 Å². The molecule has 1 aliphatic rings. The Bertz CT molecular complexity index is 1090. The smallest absolute Gasteiger partial charge is 0.264 e. The SMILES string of the molecule is Cc1ccc(C(=O)C[C@@]2(O)C(=O)N(Cc3ccccc3Cl)c3ccccc32)cc1. The van der Waals surface area contributed by atoms with E-state index in [2.05, 4.69) is 0 Å². The molecule has 0 radical (unpaired) electrons. The number of benzene rings is 3. The highest BCUT2D eigenvalue weighted by atomic mass is 35.5. The first-order chi connectivity index (χ1) is 13.9. The van der Waals surface area contributed by atoms with Gasteiger partial charge in [-0.3, -0.25) is 9.59 Å². The second-order valence-corrected chi connectivity index (χ2v) is 7.73. The van der Waals surface area contributed by atoms with Crippen LogP contribution in [0.1, 0.15) is 33.5 Å². The Balaban J connectivity index is 1.69. The van der Waals surface area contributed by atoms with Crippen LogP contribution in [0.25, 0.3) is 0 Å². The first-order valence-electron chi connectivity index (χ1n) is 9.37. The lowest BCUT2D eigenvalue weighted by molar-refractivity contribution is -0.136. The lowest BCUT2D eigenvalue weighted by Crippen LogP contribution is -2.41. The fraction of sp³-hybridized carbons (Fsp3) is 0.167. The summed E-state index contributed by atoms with van der Waals surface area (Å²) in [6.45, 7) is 2.15. The Kier molecular flexibility index (Phi) is 4.99. The van der Waals surface area contributed by atoms with Crippen molar-refractivity contribution in [3.05, 3.63) is 100 Å². The molecule has 1 N–H and O–H groups in total.